The normalized spacial score (nSPS) is 10.7. The van der Waals surface area contributed by atoms with Crippen molar-refractivity contribution >= 4 is 22.6 Å². The van der Waals surface area contributed by atoms with E-state index in [4.69, 9.17) is 0 Å². The van der Waals surface area contributed by atoms with E-state index in [1.54, 1.807) is 53.5 Å². The van der Waals surface area contributed by atoms with Gasteiger partial charge in [0.05, 0.1) is 23.8 Å². The van der Waals surface area contributed by atoms with Crippen molar-refractivity contribution in [3.63, 3.8) is 0 Å². The number of hydrogen-bond donors (Lipinski definition) is 1. The number of nitrogens with zero attached hydrogens (tertiary/aromatic N) is 3. The summed E-state index contributed by atoms with van der Waals surface area (Å²) in [4.78, 5) is 33.2. The molecule has 4 aromatic rings. The van der Waals surface area contributed by atoms with E-state index in [-0.39, 0.29) is 11.5 Å². The van der Waals surface area contributed by atoms with Crippen molar-refractivity contribution in [1.29, 1.82) is 0 Å². The summed E-state index contributed by atoms with van der Waals surface area (Å²) in [5.41, 5.74) is 2.02. The van der Waals surface area contributed by atoms with Crippen molar-refractivity contribution in [2.45, 2.75) is 6.54 Å². The van der Waals surface area contributed by atoms with Gasteiger partial charge in [-0.2, -0.15) is 0 Å². The number of hydrogen-bond acceptors (Lipinski definition) is 4. The van der Waals surface area contributed by atoms with Crippen LogP contribution in [0, 0.1) is 0 Å². The number of carbonyl (C=O) groups is 1. The van der Waals surface area contributed by atoms with Crippen molar-refractivity contribution in [3.05, 3.63) is 101 Å². The molecule has 0 spiro atoms. The number of nitrogens with one attached hydrogen (secondary N) is 1. The van der Waals surface area contributed by atoms with E-state index in [0.717, 1.165) is 5.56 Å². The Morgan fingerprint density at radius 2 is 1.70 bits per heavy atom. The number of rotatable bonds is 4. The molecule has 0 radical (unpaired) electrons. The highest BCUT2D eigenvalue weighted by Gasteiger charge is 2.08. The molecule has 6 nitrogen and oxygen atoms in total. The Bertz CT molecular complexity index is 1150. The highest BCUT2D eigenvalue weighted by molar-refractivity contribution is 6.03. The number of pyridine rings is 1. The van der Waals surface area contributed by atoms with E-state index in [1.807, 2.05) is 30.3 Å². The Balaban J connectivity index is 1.52. The lowest BCUT2D eigenvalue weighted by atomic mass is 10.1. The van der Waals surface area contributed by atoms with Gasteiger partial charge in [-0.25, -0.2) is 9.97 Å². The SMILES string of the molecule is O=C(Nc1ccccn1)c1ccc(Cn2cnc3ccccc3c2=O)cc1. The van der Waals surface area contributed by atoms with Crippen LogP contribution in [-0.2, 0) is 6.54 Å². The molecule has 2 aromatic heterocycles. The lowest BCUT2D eigenvalue weighted by molar-refractivity contribution is 0.102. The summed E-state index contributed by atoms with van der Waals surface area (Å²) in [6.45, 7) is 0.388. The maximum Gasteiger partial charge on any atom is 0.261 e. The van der Waals surface area contributed by atoms with Crippen LogP contribution < -0.4 is 10.9 Å². The van der Waals surface area contributed by atoms with Gasteiger partial charge in [0.1, 0.15) is 5.82 Å². The number of benzene rings is 2. The molecule has 1 N–H and O–H groups in total. The average molecular weight is 356 g/mol. The summed E-state index contributed by atoms with van der Waals surface area (Å²) in [5.74, 6) is 0.269. The summed E-state index contributed by atoms with van der Waals surface area (Å²) in [6.07, 6.45) is 3.17. The van der Waals surface area contributed by atoms with E-state index in [2.05, 4.69) is 15.3 Å². The first-order chi connectivity index (χ1) is 13.2. The topological polar surface area (TPSA) is 76.9 Å². The third-order valence-electron chi connectivity index (χ3n) is 4.21. The van der Waals surface area contributed by atoms with Crippen LogP contribution in [0.4, 0.5) is 5.82 Å². The first-order valence-corrected chi connectivity index (χ1v) is 8.46. The molecule has 0 aliphatic heterocycles. The van der Waals surface area contributed by atoms with Gasteiger partial charge >= 0.3 is 0 Å². The number of aromatic nitrogens is 3. The molecule has 6 heteroatoms. The number of carbonyl (C=O) groups excluding carboxylic acids is 1. The molecule has 0 saturated carbocycles. The van der Waals surface area contributed by atoms with Crippen LogP contribution in [0.1, 0.15) is 15.9 Å². The third kappa shape index (κ3) is 3.59. The second-order valence-electron chi connectivity index (χ2n) is 6.06. The zero-order valence-electron chi connectivity index (χ0n) is 14.4. The van der Waals surface area contributed by atoms with E-state index in [0.29, 0.717) is 28.8 Å². The highest BCUT2D eigenvalue weighted by atomic mass is 16.1. The molecule has 4 rings (SSSR count). The van der Waals surface area contributed by atoms with Crippen LogP contribution in [0.3, 0.4) is 0 Å². The Hall–Kier alpha value is -3.80. The smallest absolute Gasteiger partial charge is 0.261 e. The standard InChI is InChI=1S/C21H16N4O2/c26-20(24-19-7-3-4-12-22-19)16-10-8-15(9-11-16)13-25-14-23-18-6-2-1-5-17(18)21(25)27/h1-12,14H,13H2,(H,22,24,26). The van der Waals surface area contributed by atoms with Crippen LogP contribution in [-0.4, -0.2) is 20.4 Å². The van der Waals surface area contributed by atoms with Crippen molar-refractivity contribution < 1.29 is 4.79 Å². The minimum absolute atomic E-state index is 0.0856. The van der Waals surface area contributed by atoms with Crippen molar-refractivity contribution in [2.24, 2.45) is 0 Å². The molecule has 0 unspecified atom stereocenters. The fourth-order valence-electron chi connectivity index (χ4n) is 2.80. The predicted octanol–water partition coefficient (Wildman–Crippen LogP) is 3.09. The molecule has 132 valence electrons. The van der Waals surface area contributed by atoms with Gasteiger partial charge in [-0.3, -0.25) is 14.2 Å². The molecule has 27 heavy (non-hydrogen) atoms. The fourth-order valence-corrected chi connectivity index (χ4v) is 2.80. The Morgan fingerprint density at radius 3 is 2.48 bits per heavy atom. The molecule has 2 aromatic carbocycles. The molecule has 0 bridgehead atoms. The summed E-state index contributed by atoms with van der Waals surface area (Å²) >= 11 is 0. The third-order valence-corrected chi connectivity index (χ3v) is 4.21. The fraction of sp³-hybridized carbons (Fsp3) is 0.0476. The van der Waals surface area contributed by atoms with E-state index in [9.17, 15) is 9.59 Å². The van der Waals surface area contributed by atoms with Crippen molar-refractivity contribution in [2.75, 3.05) is 5.32 Å². The van der Waals surface area contributed by atoms with Gasteiger partial charge in [0.2, 0.25) is 0 Å². The molecule has 0 saturated heterocycles. The summed E-state index contributed by atoms with van der Waals surface area (Å²) in [7, 11) is 0. The molecule has 0 fully saturated rings. The van der Waals surface area contributed by atoms with Gasteiger partial charge in [-0.05, 0) is 42.0 Å². The van der Waals surface area contributed by atoms with E-state index < -0.39 is 0 Å². The number of anilines is 1. The van der Waals surface area contributed by atoms with Gasteiger partial charge in [0.25, 0.3) is 11.5 Å². The highest BCUT2D eigenvalue weighted by Crippen LogP contribution is 2.10. The van der Waals surface area contributed by atoms with Gasteiger partial charge in [-0.15, -0.1) is 0 Å². The summed E-state index contributed by atoms with van der Waals surface area (Å²) in [5, 5.41) is 3.33. The molecular formula is C21H16N4O2. The van der Waals surface area contributed by atoms with Crippen LogP contribution in [0.25, 0.3) is 10.9 Å². The zero-order valence-corrected chi connectivity index (χ0v) is 14.4. The van der Waals surface area contributed by atoms with Crippen molar-refractivity contribution in [3.8, 4) is 0 Å². The largest absolute Gasteiger partial charge is 0.307 e. The number of para-hydroxylation sites is 1. The Kier molecular flexibility index (Phi) is 4.45. The van der Waals surface area contributed by atoms with Gasteiger partial charge in [0.15, 0.2) is 0 Å². The molecule has 0 aliphatic carbocycles. The van der Waals surface area contributed by atoms with Crippen molar-refractivity contribution in [1.82, 2.24) is 14.5 Å². The van der Waals surface area contributed by atoms with Gasteiger partial charge in [0, 0.05) is 11.8 Å². The second-order valence-corrected chi connectivity index (χ2v) is 6.06. The quantitative estimate of drug-likeness (QED) is 0.610. The zero-order chi connectivity index (χ0) is 18.6. The van der Waals surface area contributed by atoms with Crippen LogP contribution in [0.5, 0.6) is 0 Å². The molecule has 1 amide bonds. The maximum atomic E-state index is 12.6. The minimum Gasteiger partial charge on any atom is -0.307 e. The molecule has 0 atom stereocenters. The number of fused-ring (bicyclic) bond motifs is 1. The van der Waals surface area contributed by atoms with Gasteiger partial charge < -0.3 is 5.32 Å². The molecule has 0 aliphatic rings. The van der Waals surface area contributed by atoms with E-state index >= 15 is 0 Å². The maximum absolute atomic E-state index is 12.6. The summed E-state index contributed by atoms with van der Waals surface area (Å²) in [6, 6.07) is 19.7. The first-order valence-electron chi connectivity index (χ1n) is 8.46. The average Bonchev–Trinajstić information content (AvgIpc) is 2.71. The van der Waals surface area contributed by atoms with E-state index in [1.165, 1.54) is 0 Å². The van der Waals surface area contributed by atoms with Crippen LogP contribution >= 0.6 is 0 Å². The van der Waals surface area contributed by atoms with Crippen LogP contribution in [0.15, 0.2) is 84.0 Å². The Labute approximate surface area is 155 Å². The second kappa shape index (κ2) is 7.21. The molecular weight excluding hydrogens is 340 g/mol. The monoisotopic (exact) mass is 356 g/mol. The minimum atomic E-state index is -0.232. The van der Waals surface area contributed by atoms with Gasteiger partial charge in [-0.1, -0.05) is 30.3 Å². The predicted molar refractivity (Wildman–Crippen MR) is 104 cm³/mol. The van der Waals surface area contributed by atoms with Crippen LogP contribution in [0.2, 0.25) is 0 Å². The Morgan fingerprint density at radius 1 is 0.926 bits per heavy atom. The lowest BCUT2D eigenvalue weighted by Gasteiger charge is -2.08. The lowest BCUT2D eigenvalue weighted by Crippen LogP contribution is -2.21. The summed E-state index contributed by atoms with van der Waals surface area (Å²) < 4.78 is 1.56. The number of amides is 1. The first kappa shape index (κ1) is 16.7. The molecule has 2 heterocycles.